The number of halogens is 1. The molecule has 2 bridgehead atoms. The van der Waals surface area contributed by atoms with E-state index in [0.29, 0.717) is 37.6 Å². The van der Waals surface area contributed by atoms with Gasteiger partial charge in [-0.15, -0.1) is 0 Å². The summed E-state index contributed by atoms with van der Waals surface area (Å²) >= 11 is 2.36. The van der Waals surface area contributed by atoms with E-state index in [4.69, 9.17) is 14.9 Å². The highest BCUT2D eigenvalue weighted by Gasteiger charge is 2.25. The van der Waals surface area contributed by atoms with Gasteiger partial charge in [0.2, 0.25) is 5.88 Å². The molecule has 4 aromatic rings. The Balaban J connectivity index is 0.00000165. The Morgan fingerprint density at radius 1 is 1.05 bits per heavy atom. The lowest BCUT2D eigenvalue weighted by Gasteiger charge is -2.20. The number of hydrogen-bond donors (Lipinski definition) is 0. The summed E-state index contributed by atoms with van der Waals surface area (Å²) in [5.41, 5.74) is 6.14. The summed E-state index contributed by atoms with van der Waals surface area (Å²) < 4.78 is 11.9. The van der Waals surface area contributed by atoms with Crippen LogP contribution in [0.15, 0.2) is 24.4 Å². The maximum absolute atomic E-state index is 13.9. The fourth-order valence-corrected chi connectivity index (χ4v) is 6.98. The third-order valence-corrected chi connectivity index (χ3v) is 9.48. The van der Waals surface area contributed by atoms with Crippen molar-refractivity contribution in [2.45, 2.75) is 40.2 Å². The summed E-state index contributed by atoms with van der Waals surface area (Å²) in [4.78, 5) is 18.1. The van der Waals surface area contributed by atoms with Crippen molar-refractivity contribution >= 4 is 57.4 Å². The first kappa shape index (κ1) is 29.7. The largest absolute Gasteiger partial charge is 0.476 e. The molecule has 5 heterocycles. The SMILES string of the molecule is CC.Cc1nn(CCN2CCCC2)c2c1/C=C/c1nn(PI)c3ccc(cc13)-c1cnn(C)c1OCCN(C)C2=O. The molecule has 1 saturated heterocycles. The molecule has 1 atom stereocenters. The fourth-order valence-electron chi connectivity index (χ4n) is 5.44. The van der Waals surface area contributed by atoms with Gasteiger partial charge in [0, 0.05) is 31.6 Å². The van der Waals surface area contributed by atoms with Crippen LogP contribution >= 0.6 is 28.4 Å². The van der Waals surface area contributed by atoms with Gasteiger partial charge in [-0.1, -0.05) is 19.9 Å². The maximum atomic E-state index is 13.9. The molecule has 1 unspecified atom stereocenters. The molecule has 218 valence electrons. The number of hydrogen-bond acceptors (Lipinski definition) is 6. The van der Waals surface area contributed by atoms with E-state index in [2.05, 4.69) is 50.2 Å². The van der Waals surface area contributed by atoms with Crippen LogP contribution in [-0.2, 0) is 13.6 Å². The Morgan fingerprint density at radius 2 is 1.83 bits per heavy atom. The van der Waals surface area contributed by atoms with Crippen molar-refractivity contribution in [3.05, 3.63) is 47.0 Å². The Bertz CT molecular complexity index is 1570. The lowest BCUT2D eigenvalue weighted by molar-refractivity contribution is 0.0758. The molecule has 0 N–H and O–H groups in total. The zero-order valence-corrected chi connectivity index (χ0v) is 27.6. The molecule has 12 heteroatoms. The van der Waals surface area contributed by atoms with Crippen molar-refractivity contribution < 1.29 is 9.53 Å². The molecule has 2 aliphatic rings. The number of amides is 1. The molecule has 0 radical (unpaired) electrons. The minimum absolute atomic E-state index is 0.0645. The standard InChI is InChI=1S/C27H32IN8O2P.C2H6/c1-18-20-7-8-23-21-16-19(6-9-24(21)36(31-23)39-28)22-17-29-33(3)27(22)38-15-14-32(2)26(37)25(20)35(30-18)13-12-34-10-4-5-11-34;1-2/h6-9,16-17,39H,4-5,10-15H2,1-3H3;1-2H3/b8-7+;. The van der Waals surface area contributed by atoms with E-state index in [1.165, 1.54) is 12.8 Å². The van der Waals surface area contributed by atoms with Gasteiger partial charge in [0.1, 0.15) is 12.3 Å². The number of nitrogens with zero attached hydrogens (tertiary/aromatic N) is 8. The van der Waals surface area contributed by atoms with Gasteiger partial charge in [-0.2, -0.15) is 15.3 Å². The average Bonchev–Trinajstić information content (AvgIpc) is 3.77. The molecule has 0 spiro atoms. The van der Waals surface area contributed by atoms with Crippen LogP contribution in [0.3, 0.4) is 0 Å². The van der Waals surface area contributed by atoms with Crippen LogP contribution in [0.2, 0.25) is 0 Å². The molecule has 2 aliphatic heterocycles. The third-order valence-electron chi connectivity index (χ3n) is 7.61. The first-order valence-electron chi connectivity index (χ1n) is 14.2. The number of ether oxygens (including phenoxy) is 1. The molecule has 41 heavy (non-hydrogen) atoms. The van der Waals surface area contributed by atoms with Gasteiger partial charge in [-0.05, 0) is 84.7 Å². The fraction of sp³-hybridized carbons (Fsp3) is 0.448. The highest BCUT2D eigenvalue weighted by Crippen LogP contribution is 2.36. The third kappa shape index (κ3) is 5.94. The lowest BCUT2D eigenvalue weighted by atomic mass is 10.0. The summed E-state index contributed by atoms with van der Waals surface area (Å²) in [6.07, 6.45) is 8.79. The van der Waals surface area contributed by atoms with E-state index in [1.54, 1.807) is 9.58 Å². The van der Waals surface area contributed by atoms with Gasteiger partial charge in [0.05, 0.1) is 48.1 Å². The van der Waals surface area contributed by atoms with E-state index < -0.39 is 0 Å². The van der Waals surface area contributed by atoms with Gasteiger partial charge in [0.15, 0.2) is 0 Å². The normalized spacial score (nSPS) is 16.8. The van der Waals surface area contributed by atoms with Gasteiger partial charge < -0.3 is 14.5 Å². The number of likely N-dealkylation sites (tertiary alicyclic amines) is 1. The summed E-state index contributed by atoms with van der Waals surface area (Å²) in [5, 5.41) is 15.2. The number of aromatic nitrogens is 6. The minimum Gasteiger partial charge on any atom is -0.476 e. The molecule has 1 amide bonds. The summed E-state index contributed by atoms with van der Waals surface area (Å²) in [5.74, 6) is 0.614. The first-order valence-corrected chi connectivity index (χ1v) is 18.3. The predicted molar refractivity (Wildman–Crippen MR) is 175 cm³/mol. The van der Waals surface area contributed by atoms with Crippen molar-refractivity contribution in [1.29, 1.82) is 0 Å². The Labute approximate surface area is 256 Å². The van der Waals surface area contributed by atoms with Gasteiger partial charge in [-0.3, -0.25) is 9.48 Å². The second-order valence-corrected chi connectivity index (χ2v) is 12.2. The van der Waals surface area contributed by atoms with E-state index in [1.807, 2.05) is 62.3 Å². The number of carbonyl (C=O) groups excluding carboxylic acids is 1. The molecule has 1 aromatic carbocycles. The molecule has 10 nitrogen and oxygen atoms in total. The molecular formula is C29H38IN8O2P. The van der Waals surface area contributed by atoms with E-state index in [-0.39, 0.29) is 5.91 Å². The van der Waals surface area contributed by atoms with Crippen LogP contribution in [0, 0.1) is 6.92 Å². The highest BCUT2D eigenvalue weighted by atomic mass is 127. The van der Waals surface area contributed by atoms with Crippen LogP contribution < -0.4 is 4.74 Å². The number of fused-ring (bicyclic) bond motifs is 4. The van der Waals surface area contributed by atoms with Crippen molar-refractivity contribution in [3.8, 4) is 17.0 Å². The number of carbonyl (C=O) groups is 1. The molecule has 3 aromatic heterocycles. The second kappa shape index (κ2) is 13.0. The van der Waals surface area contributed by atoms with Crippen LogP contribution in [0.4, 0.5) is 0 Å². The van der Waals surface area contributed by atoms with E-state index in [0.717, 1.165) is 58.6 Å². The van der Waals surface area contributed by atoms with Gasteiger partial charge in [0.25, 0.3) is 5.91 Å². The quantitative estimate of drug-likeness (QED) is 0.208. The van der Waals surface area contributed by atoms with Crippen molar-refractivity contribution in [1.82, 2.24) is 38.9 Å². The molecule has 0 saturated carbocycles. The lowest BCUT2D eigenvalue weighted by Crippen LogP contribution is -2.34. The maximum Gasteiger partial charge on any atom is 0.272 e. The minimum atomic E-state index is -0.0645. The zero-order valence-electron chi connectivity index (χ0n) is 24.4. The van der Waals surface area contributed by atoms with Gasteiger partial charge >= 0.3 is 0 Å². The molecule has 1 fully saturated rings. The van der Waals surface area contributed by atoms with Crippen molar-refractivity contribution in [2.75, 3.05) is 39.8 Å². The monoisotopic (exact) mass is 688 g/mol. The zero-order chi connectivity index (χ0) is 29.1. The summed E-state index contributed by atoms with van der Waals surface area (Å²) in [6, 6.07) is 6.36. The molecular weight excluding hydrogens is 650 g/mol. The second-order valence-electron chi connectivity index (χ2n) is 10.1. The van der Waals surface area contributed by atoms with Crippen LogP contribution in [0.1, 0.15) is 54.1 Å². The smallest absolute Gasteiger partial charge is 0.272 e. The number of aryl methyl sites for hydroxylation is 2. The van der Waals surface area contributed by atoms with Crippen LogP contribution in [0.5, 0.6) is 5.88 Å². The van der Waals surface area contributed by atoms with Crippen molar-refractivity contribution in [3.63, 3.8) is 0 Å². The Kier molecular flexibility index (Phi) is 9.45. The first-order chi connectivity index (χ1) is 19.9. The topological polar surface area (TPSA) is 86.2 Å². The van der Waals surface area contributed by atoms with Crippen LogP contribution in [0.25, 0.3) is 34.2 Å². The summed E-state index contributed by atoms with van der Waals surface area (Å²) in [7, 11) is 3.70. The number of rotatable bonds is 4. The predicted octanol–water partition coefficient (Wildman–Crippen LogP) is 5.49. The van der Waals surface area contributed by atoms with Crippen molar-refractivity contribution in [2.24, 2.45) is 7.05 Å². The average molecular weight is 689 g/mol. The number of benzene rings is 1. The van der Waals surface area contributed by atoms with Gasteiger partial charge in [-0.25, -0.2) is 9.13 Å². The Hall–Kier alpha value is -2.76. The Morgan fingerprint density at radius 3 is 2.59 bits per heavy atom. The van der Waals surface area contributed by atoms with E-state index >= 15 is 0 Å². The molecule has 0 aliphatic carbocycles. The number of likely N-dealkylation sites (N-methyl/N-ethyl adjacent to an activating group) is 1. The van der Waals surface area contributed by atoms with Crippen LogP contribution in [-0.4, -0.2) is 84.7 Å². The highest BCUT2D eigenvalue weighted by molar-refractivity contribution is 14.2. The van der Waals surface area contributed by atoms with E-state index in [9.17, 15) is 4.79 Å². The summed E-state index contributed by atoms with van der Waals surface area (Å²) in [6.45, 7) is 10.5. The molecule has 6 rings (SSSR count).